The van der Waals surface area contributed by atoms with Crippen LogP contribution in [0.25, 0.3) is 0 Å². The van der Waals surface area contributed by atoms with E-state index in [9.17, 15) is 9.90 Å². The van der Waals surface area contributed by atoms with Gasteiger partial charge in [0, 0.05) is 11.5 Å². The van der Waals surface area contributed by atoms with Crippen LogP contribution in [0.3, 0.4) is 0 Å². The number of benzene rings is 1. The maximum absolute atomic E-state index is 11.5. The highest BCUT2D eigenvalue weighted by Crippen LogP contribution is 2.30. The molecule has 1 fully saturated rings. The van der Waals surface area contributed by atoms with Gasteiger partial charge in [-0.15, -0.1) is 0 Å². The molecular weight excluding hydrogens is 392 g/mol. The molecule has 5 heteroatoms. The third-order valence-corrected chi connectivity index (χ3v) is 6.05. The van der Waals surface area contributed by atoms with Gasteiger partial charge in [0.15, 0.2) is 0 Å². The minimum atomic E-state index is -0.441. The van der Waals surface area contributed by atoms with Crippen LogP contribution in [0.15, 0.2) is 36.4 Å². The Labute approximate surface area is 187 Å². The molecule has 1 atom stereocenters. The van der Waals surface area contributed by atoms with Gasteiger partial charge in [-0.05, 0) is 56.2 Å². The zero-order chi connectivity index (χ0) is 22.5. The van der Waals surface area contributed by atoms with Gasteiger partial charge in [0.25, 0.3) is 0 Å². The number of rotatable bonds is 14. The molecule has 0 saturated heterocycles. The van der Waals surface area contributed by atoms with Gasteiger partial charge in [-0.25, -0.2) is 4.79 Å². The Morgan fingerprint density at radius 1 is 1.13 bits per heavy atom. The van der Waals surface area contributed by atoms with Crippen molar-refractivity contribution in [1.82, 2.24) is 0 Å². The quantitative estimate of drug-likeness (QED) is 0.242. The molecule has 1 aliphatic rings. The highest BCUT2D eigenvalue weighted by molar-refractivity contribution is 5.86. The number of ether oxygens (including phenoxy) is 3. The number of aliphatic hydroxyl groups is 1. The first-order valence-electron chi connectivity index (χ1n) is 11.8. The first-order valence-corrected chi connectivity index (χ1v) is 11.8. The lowest BCUT2D eigenvalue weighted by molar-refractivity contribution is -0.139. The second-order valence-electron chi connectivity index (χ2n) is 8.69. The number of unbranched alkanes of at least 4 members (excludes halogenated alkanes) is 2. The molecule has 0 amide bonds. The van der Waals surface area contributed by atoms with E-state index in [4.69, 9.17) is 14.2 Å². The van der Waals surface area contributed by atoms with Crippen molar-refractivity contribution in [3.8, 4) is 5.75 Å². The van der Waals surface area contributed by atoms with E-state index in [1.54, 1.807) is 6.92 Å². The Bertz CT molecular complexity index is 646. The van der Waals surface area contributed by atoms with E-state index in [0.29, 0.717) is 24.9 Å². The van der Waals surface area contributed by atoms with Crippen molar-refractivity contribution in [3.63, 3.8) is 0 Å². The SMILES string of the molecule is C=C(C)C(=O)OCC(CO)c1ccc(OCCOC2CCC(CCCCC)CC2)cc1. The molecule has 2 rings (SSSR count). The van der Waals surface area contributed by atoms with E-state index in [2.05, 4.69) is 13.5 Å². The van der Waals surface area contributed by atoms with Crippen LogP contribution in [0.2, 0.25) is 0 Å². The lowest BCUT2D eigenvalue weighted by Crippen LogP contribution is -2.23. The van der Waals surface area contributed by atoms with Crippen molar-refractivity contribution in [1.29, 1.82) is 0 Å². The fourth-order valence-electron chi connectivity index (χ4n) is 4.03. The summed E-state index contributed by atoms with van der Waals surface area (Å²) in [6.07, 6.45) is 10.7. The summed E-state index contributed by atoms with van der Waals surface area (Å²) in [5, 5.41) is 9.61. The minimum absolute atomic E-state index is 0.0988. The predicted octanol–water partition coefficient (Wildman–Crippen LogP) is 5.42. The zero-order valence-electron chi connectivity index (χ0n) is 19.3. The average molecular weight is 433 g/mol. The van der Waals surface area contributed by atoms with Crippen LogP contribution < -0.4 is 4.74 Å². The van der Waals surface area contributed by atoms with E-state index < -0.39 is 5.97 Å². The molecule has 1 N–H and O–H groups in total. The van der Waals surface area contributed by atoms with Crippen molar-refractivity contribution in [2.24, 2.45) is 5.92 Å². The Morgan fingerprint density at radius 2 is 1.84 bits per heavy atom. The summed E-state index contributed by atoms with van der Waals surface area (Å²) >= 11 is 0. The molecule has 0 spiro atoms. The monoisotopic (exact) mass is 432 g/mol. The highest BCUT2D eigenvalue weighted by atomic mass is 16.5. The van der Waals surface area contributed by atoms with Gasteiger partial charge in [0.05, 0.1) is 19.3 Å². The number of carbonyl (C=O) groups excluding carboxylic acids is 1. The summed E-state index contributed by atoms with van der Waals surface area (Å²) in [5.74, 6) is 0.956. The summed E-state index contributed by atoms with van der Waals surface area (Å²) in [5.41, 5.74) is 1.25. The summed E-state index contributed by atoms with van der Waals surface area (Å²) in [6.45, 7) is 8.57. The largest absolute Gasteiger partial charge is 0.491 e. The third-order valence-electron chi connectivity index (χ3n) is 6.05. The van der Waals surface area contributed by atoms with Crippen LogP contribution in [0.4, 0.5) is 0 Å². The second-order valence-corrected chi connectivity index (χ2v) is 8.69. The molecule has 0 heterocycles. The number of hydrogen-bond acceptors (Lipinski definition) is 5. The molecule has 0 aliphatic heterocycles. The van der Waals surface area contributed by atoms with Crippen molar-refractivity contribution in [3.05, 3.63) is 42.0 Å². The normalized spacial score (nSPS) is 19.6. The Kier molecular flexibility index (Phi) is 11.7. The number of carbonyl (C=O) groups is 1. The van der Waals surface area contributed by atoms with E-state index in [-0.39, 0.29) is 19.1 Å². The summed E-state index contributed by atoms with van der Waals surface area (Å²) in [6, 6.07) is 7.54. The van der Waals surface area contributed by atoms with Crippen molar-refractivity contribution >= 4 is 5.97 Å². The van der Waals surface area contributed by atoms with Gasteiger partial charge in [-0.1, -0.05) is 51.3 Å². The maximum atomic E-state index is 11.5. The molecule has 0 aromatic heterocycles. The molecule has 1 aliphatic carbocycles. The molecule has 0 bridgehead atoms. The Balaban J connectivity index is 1.64. The van der Waals surface area contributed by atoms with Crippen molar-refractivity contribution < 1.29 is 24.1 Å². The van der Waals surface area contributed by atoms with Crippen molar-refractivity contribution in [2.45, 2.75) is 77.2 Å². The second kappa shape index (κ2) is 14.3. The van der Waals surface area contributed by atoms with E-state index in [1.165, 1.54) is 51.4 Å². The highest BCUT2D eigenvalue weighted by Gasteiger charge is 2.21. The fourth-order valence-corrected chi connectivity index (χ4v) is 4.03. The van der Waals surface area contributed by atoms with Crippen LogP contribution in [0.5, 0.6) is 5.75 Å². The minimum Gasteiger partial charge on any atom is -0.491 e. The maximum Gasteiger partial charge on any atom is 0.333 e. The molecule has 1 saturated carbocycles. The first kappa shape index (κ1) is 25.4. The summed E-state index contributed by atoms with van der Waals surface area (Å²) in [4.78, 5) is 11.5. The smallest absolute Gasteiger partial charge is 0.333 e. The molecule has 174 valence electrons. The van der Waals surface area contributed by atoms with Crippen LogP contribution in [0.1, 0.15) is 76.7 Å². The molecule has 0 radical (unpaired) electrons. The van der Waals surface area contributed by atoms with E-state index in [0.717, 1.165) is 17.2 Å². The van der Waals surface area contributed by atoms with Gasteiger partial charge < -0.3 is 19.3 Å². The number of hydrogen-bond donors (Lipinski definition) is 1. The lowest BCUT2D eigenvalue weighted by atomic mass is 9.84. The van der Waals surface area contributed by atoms with Crippen LogP contribution in [0, 0.1) is 5.92 Å². The predicted molar refractivity (Wildman–Crippen MR) is 123 cm³/mol. The molecule has 31 heavy (non-hydrogen) atoms. The van der Waals surface area contributed by atoms with Gasteiger partial charge in [0.1, 0.15) is 19.0 Å². The van der Waals surface area contributed by atoms with Crippen molar-refractivity contribution in [2.75, 3.05) is 26.4 Å². The third kappa shape index (κ3) is 9.44. The molecule has 5 nitrogen and oxygen atoms in total. The Morgan fingerprint density at radius 3 is 2.45 bits per heavy atom. The average Bonchev–Trinajstić information content (AvgIpc) is 2.79. The van der Waals surface area contributed by atoms with Crippen LogP contribution in [-0.4, -0.2) is 43.6 Å². The van der Waals surface area contributed by atoms with Crippen LogP contribution in [-0.2, 0) is 14.3 Å². The molecule has 1 aromatic carbocycles. The van der Waals surface area contributed by atoms with Gasteiger partial charge in [-0.3, -0.25) is 0 Å². The van der Waals surface area contributed by atoms with E-state index in [1.807, 2.05) is 24.3 Å². The van der Waals surface area contributed by atoms with E-state index >= 15 is 0 Å². The topological polar surface area (TPSA) is 65.0 Å². The Hall–Kier alpha value is -1.85. The standard InChI is InChI=1S/C26H40O5/c1-4-5-6-7-21-8-12-24(13-9-21)29-16-17-30-25-14-10-22(11-15-25)23(18-27)19-31-26(28)20(2)3/h10-11,14-15,21,23-24,27H,2,4-9,12-13,16-19H2,1,3H3. The van der Waals surface area contributed by atoms with Crippen LogP contribution >= 0.6 is 0 Å². The number of aliphatic hydroxyl groups excluding tert-OH is 1. The lowest BCUT2D eigenvalue weighted by Gasteiger charge is -2.28. The van der Waals surface area contributed by atoms with Gasteiger partial charge >= 0.3 is 5.97 Å². The van der Waals surface area contributed by atoms with Gasteiger partial charge in [0.2, 0.25) is 0 Å². The summed E-state index contributed by atoms with van der Waals surface area (Å²) in [7, 11) is 0. The summed E-state index contributed by atoms with van der Waals surface area (Å²) < 4.78 is 17.0. The fraction of sp³-hybridized carbons (Fsp3) is 0.654. The number of esters is 1. The van der Waals surface area contributed by atoms with Gasteiger partial charge in [-0.2, -0.15) is 0 Å². The molecule has 1 unspecified atom stereocenters. The molecule has 1 aromatic rings. The first-order chi connectivity index (χ1) is 15.0. The zero-order valence-corrected chi connectivity index (χ0v) is 19.3. The molecular formula is C26H40O5.